The van der Waals surface area contributed by atoms with E-state index in [0.717, 1.165) is 0 Å². The number of ether oxygens (including phenoxy) is 1. The van der Waals surface area contributed by atoms with Crippen molar-refractivity contribution in [1.29, 1.82) is 0 Å². The standard InChI is InChI=1S/C13H12N4O4/c14-13(18)8-4-1-2-6-10(8)21-11-7-3-5-9(16-15)12(11)17(19)20/h1-7,16H,15H2,(H2,14,18). The van der Waals surface area contributed by atoms with Crippen LogP contribution in [0.25, 0.3) is 0 Å². The number of hydrogen-bond acceptors (Lipinski definition) is 6. The van der Waals surface area contributed by atoms with Crippen LogP contribution in [0.2, 0.25) is 0 Å². The van der Waals surface area contributed by atoms with Gasteiger partial charge in [-0.25, -0.2) is 0 Å². The monoisotopic (exact) mass is 288 g/mol. The lowest BCUT2D eigenvalue weighted by Gasteiger charge is -2.11. The molecular formula is C13H12N4O4. The molecule has 0 aliphatic heterocycles. The quantitative estimate of drug-likeness (QED) is 0.436. The number of carbonyl (C=O) groups excluding carboxylic acids is 1. The van der Waals surface area contributed by atoms with Gasteiger partial charge in [-0.1, -0.05) is 18.2 Å². The molecule has 1 amide bonds. The van der Waals surface area contributed by atoms with Crippen LogP contribution in [0, 0.1) is 10.1 Å². The second kappa shape index (κ2) is 5.88. The summed E-state index contributed by atoms with van der Waals surface area (Å²) in [6, 6.07) is 10.6. The molecule has 108 valence electrons. The lowest BCUT2D eigenvalue weighted by atomic mass is 10.2. The van der Waals surface area contributed by atoms with Gasteiger partial charge in [0.25, 0.3) is 5.91 Å². The molecule has 2 rings (SSSR count). The van der Waals surface area contributed by atoms with Crippen LogP contribution >= 0.6 is 0 Å². The van der Waals surface area contributed by atoms with Gasteiger partial charge >= 0.3 is 5.69 Å². The Morgan fingerprint density at radius 2 is 1.81 bits per heavy atom. The fourth-order valence-electron chi connectivity index (χ4n) is 1.79. The molecule has 0 radical (unpaired) electrons. The Balaban J connectivity index is 2.50. The number of nitrogens with two attached hydrogens (primary N) is 2. The summed E-state index contributed by atoms with van der Waals surface area (Å²) in [5.74, 6) is 4.63. The second-order valence-corrected chi connectivity index (χ2v) is 4.02. The van der Waals surface area contributed by atoms with Crippen LogP contribution in [0.3, 0.4) is 0 Å². The summed E-state index contributed by atoms with van der Waals surface area (Å²) in [5.41, 5.74) is 7.34. The topological polar surface area (TPSA) is 134 Å². The highest BCUT2D eigenvalue weighted by Gasteiger charge is 2.22. The van der Waals surface area contributed by atoms with E-state index in [0.29, 0.717) is 0 Å². The molecule has 5 N–H and O–H groups in total. The lowest BCUT2D eigenvalue weighted by molar-refractivity contribution is -0.384. The first-order chi connectivity index (χ1) is 10.0. The van der Waals surface area contributed by atoms with E-state index < -0.39 is 10.8 Å². The molecule has 8 nitrogen and oxygen atoms in total. The molecule has 0 aromatic heterocycles. The molecule has 0 fully saturated rings. The number of primary amides is 1. The fraction of sp³-hybridized carbons (Fsp3) is 0. The van der Waals surface area contributed by atoms with Gasteiger partial charge in [0.2, 0.25) is 5.75 Å². The van der Waals surface area contributed by atoms with E-state index in [1.165, 1.54) is 30.3 Å². The van der Waals surface area contributed by atoms with Gasteiger partial charge in [-0.3, -0.25) is 20.8 Å². The largest absolute Gasteiger partial charge is 0.449 e. The van der Waals surface area contributed by atoms with Gasteiger partial charge in [0.05, 0.1) is 10.5 Å². The summed E-state index contributed by atoms with van der Waals surface area (Å²) in [6.07, 6.45) is 0. The van der Waals surface area contributed by atoms with Gasteiger partial charge in [0, 0.05) is 0 Å². The number of hydrazine groups is 1. The number of nitro benzene ring substituents is 1. The van der Waals surface area contributed by atoms with E-state index in [1.54, 1.807) is 12.1 Å². The molecule has 0 saturated carbocycles. The molecule has 0 aliphatic rings. The Labute approximate surface area is 119 Å². The van der Waals surface area contributed by atoms with Crippen LogP contribution in [-0.4, -0.2) is 10.8 Å². The SMILES string of the molecule is NNc1cccc(Oc2ccccc2C(N)=O)c1[N+](=O)[O-]. The Hall–Kier alpha value is -3.13. The number of benzene rings is 2. The van der Waals surface area contributed by atoms with Gasteiger partial charge < -0.3 is 15.9 Å². The first-order valence-corrected chi connectivity index (χ1v) is 5.85. The summed E-state index contributed by atoms with van der Waals surface area (Å²) in [6.45, 7) is 0. The van der Waals surface area contributed by atoms with Gasteiger partial charge in [-0.05, 0) is 24.3 Å². The number of amides is 1. The predicted octanol–water partition coefficient (Wildman–Crippen LogP) is 1.77. The number of nitro groups is 1. The number of hydrogen-bond donors (Lipinski definition) is 3. The Morgan fingerprint density at radius 1 is 1.14 bits per heavy atom. The first kappa shape index (κ1) is 14.3. The number of rotatable bonds is 5. The Kier molecular flexibility index (Phi) is 4.00. The zero-order chi connectivity index (χ0) is 15.4. The van der Waals surface area contributed by atoms with Crippen molar-refractivity contribution >= 4 is 17.3 Å². The molecule has 8 heteroatoms. The summed E-state index contributed by atoms with van der Waals surface area (Å²) < 4.78 is 5.47. The third kappa shape index (κ3) is 2.90. The number of para-hydroxylation sites is 2. The highest BCUT2D eigenvalue weighted by molar-refractivity contribution is 5.95. The van der Waals surface area contributed by atoms with Gasteiger partial charge in [-0.15, -0.1) is 0 Å². The molecule has 2 aromatic carbocycles. The average molecular weight is 288 g/mol. The van der Waals surface area contributed by atoms with Crippen molar-refractivity contribution in [2.45, 2.75) is 0 Å². The molecule has 0 unspecified atom stereocenters. The maximum absolute atomic E-state index is 11.3. The van der Waals surface area contributed by atoms with Crippen LogP contribution in [-0.2, 0) is 0 Å². The average Bonchev–Trinajstić information content (AvgIpc) is 2.47. The summed E-state index contributed by atoms with van der Waals surface area (Å²) >= 11 is 0. The van der Waals surface area contributed by atoms with Crippen LogP contribution in [0.5, 0.6) is 11.5 Å². The van der Waals surface area contributed by atoms with Gasteiger partial charge in [-0.2, -0.15) is 0 Å². The van der Waals surface area contributed by atoms with Crippen LogP contribution < -0.4 is 21.7 Å². The third-order valence-corrected chi connectivity index (χ3v) is 2.71. The Morgan fingerprint density at radius 3 is 2.43 bits per heavy atom. The van der Waals surface area contributed by atoms with Crippen molar-refractivity contribution in [2.24, 2.45) is 11.6 Å². The molecule has 21 heavy (non-hydrogen) atoms. The van der Waals surface area contributed by atoms with Gasteiger partial charge in [0.15, 0.2) is 0 Å². The third-order valence-electron chi connectivity index (χ3n) is 2.71. The molecule has 0 bridgehead atoms. The molecule has 0 aliphatic carbocycles. The van der Waals surface area contributed by atoms with Crippen LogP contribution in [0.15, 0.2) is 42.5 Å². The van der Waals surface area contributed by atoms with E-state index in [4.69, 9.17) is 16.3 Å². The highest BCUT2D eigenvalue weighted by atomic mass is 16.6. The maximum Gasteiger partial charge on any atom is 0.335 e. The van der Waals surface area contributed by atoms with Crippen LogP contribution in [0.4, 0.5) is 11.4 Å². The zero-order valence-corrected chi connectivity index (χ0v) is 10.8. The summed E-state index contributed by atoms with van der Waals surface area (Å²) in [4.78, 5) is 21.9. The van der Waals surface area contributed by atoms with Crippen molar-refractivity contribution in [3.63, 3.8) is 0 Å². The number of nitrogens with zero attached hydrogens (tertiary/aromatic N) is 1. The number of nitrogens with one attached hydrogen (secondary N) is 1. The first-order valence-electron chi connectivity index (χ1n) is 5.85. The summed E-state index contributed by atoms with van der Waals surface area (Å²) in [5, 5.41) is 11.1. The predicted molar refractivity (Wildman–Crippen MR) is 75.9 cm³/mol. The molecule has 0 spiro atoms. The number of carbonyl (C=O) groups is 1. The van der Waals surface area contributed by atoms with Crippen molar-refractivity contribution in [3.05, 3.63) is 58.1 Å². The van der Waals surface area contributed by atoms with E-state index in [-0.39, 0.29) is 28.4 Å². The maximum atomic E-state index is 11.3. The molecule has 0 saturated heterocycles. The minimum Gasteiger partial charge on any atom is -0.449 e. The molecule has 0 heterocycles. The van der Waals surface area contributed by atoms with E-state index in [1.807, 2.05) is 0 Å². The smallest absolute Gasteiger partial charge is 0.335 e. The molecular weight excluding hydrogens is 276 g/mol. The van der Waals surface area contributed by atoms with Crippen molar-refractivity contribution in [3.8, 4) is 11.5 Å². The van der Waals surface area contributed by atoms with E-state index >= 15 is 0 Å². The minimum absolute atomic E-state index is 0.0517. The van der Waals surface area contributed by atoms with Crippen LogP contribution in [0.1, 0.15) is 10.4 Å². The zero-order valence-electron chi connectivity index (χ0n) is 10.8. The molecule has 0 atom stereocenters. The normalized spacial score (nSPS) is 9.95. The fourth-order valence-corrected chi connectivity index (χ4v) is 1.79. The van der Waals surface area contributed by atoms with E-state index in [2.05, 4.69) is 5.43 Å². The molecule has 2 aromatic rings. The highest BCUT2D eigenvalue weighted by Crippen LogP contribution is 2.37. The van der Waals surface area contributed by atoms with E-state index in [9.17, 15) is 14.9 Å². The van der Waals surface area contributed by atoms with Gasteiger partial charge in [0.1, 0.15) is 11.4 Å². The lowest BCUT2D eigenvalue weighted by Crippen LogP contribution is -2.12. The summed E-state index contributed by atoms with van der Waals surface area (Å²) in [7, 11) is 0. The Bertz CT molecular complexity index is 702. The number of nitrogen functional groups attached to an aromatic ring is 1. The number of anilines is 1. The minimum atomic E-state index is -0.693. The van der Waals surface area contributed by atoms with Crippen molar-refractivity contribution in [1.82, 2.24) is 0 Å². The second-order valence-electron chi connectivity index (χ2n) is 4.02. The van der Waals surface area contributed by atoms with Crippen molar-refractivity contribution in [2.75, 3.05) is 5.43 Å². The van der Waals surface area contributed by atoms with Crippen molar-refractivity contribution < 1.29 is 14.5 Å².